The van der Waals surface area contributed by atoms with Gasteiger partial charge in [0, 0.05) is 37.3 Å². The number of likely N-dealkylation sites (tertiary alicyclic amines) is 1. The highest BCUT2D eigenvalue weighted by atomic mass is 32.2. The van der Waals surface area contributed by atoms with Crippen LogP contribution < -0.4 is 0 Å². The molecule has 1 saturated heterocycles. The van der Waals surface area contributed by atoms with Gasteiger partial charge in [-0.05, 0) is 54.8 Å². The van der Waals surface area contributed by atoms with Crippen molar-refractivity contribution < 1.29 is 12.8 Å². The Morgan fingerprint density at radius 2 is 1.86 bits per heavy atom. The van der Waals surface area contributed by atoms with Crippen LogP contribution in [0.2, 0.25) is 0 Å². The summed E-state index contributed by atoms with van der Waals surface area (Å²) in [6, 6.07) is 22.2. The summed E-state index contributed by atoms with van der Waals surface area (Å²) >= 11 is 0. The van der Waals surface area contributed by atoms with E-state index >= 15 is 0 Å². The maximum atomic E-state index is 14.0. The molecular formula is C27H26N4O3S. The number of hydrogen-bond acceptors (Lipinski definition) is 6. The second-order valence-electron chi connectivity index (χ2n) is 8.78. The van der Waals surface area contributed by atoms with Crippen molar-refractivity contribution in [3.8, 4) is 6.07 Å². The number of hydrogen-bond donors (Lipinski definition) is 0. The first kappa shape index (κ1) is 23.2. The van der Waals surface area contributed by atoms with E-state index < -0.39 is 10.0 Å². The minimum Gasteiger partial charge on any atom is -0.468 e. The Kier molecular flexibility index (Phi) is 6.64. The molecule has 0 radical (unpaired) electrons. The molecule has 0 bridgehead atoms. The van der Waals surface area contributed by atoms with Gasteiger partial charge in [0.05, 0.1) is 30.0 Å². The maximum Gasteiger partial charge on any atom is 0.245 e. The van der Waals surface area contributed by atoms with E-state index in [0.29, 0.717) is 29.7 Å². The summed E-state index contributed by atoms with van der Waals surface area (Å²) in [6.45, 7) is 2.44. The Morgan fingerprint density at radius 3 is 2.63 bits per heavy atom. The van der Waals surface area contributed by atoms with Gasteiger partial charge in [-0.2, -0.15) is 9.57 Å². The van der Waals surface area contributed by atoms with Gasteiger partial charge in [0.2, 0.25) is 10.0 Å². The standard InChI is InChI=1S/C27H26N4O3S/c28-18-21-5-1-6-22(17-21)19-30-14-11-24(12-15-30)31(20-25-9-4-16-34-25)35(32,33)26-10-2-7-23-8-3-13-29-27(23)26/h1-10,13,16-17,24H,11-12,14-15,19-20H2. The van der Waals surface area contributed by atoms with Crippen LogP contribution in [-0.2, 0) is 23.1 Å². The number of rotatable bonds is 7. The monoisotopic (exact) mass is 486 g/mol. The molecule has 35 heavy (non-hydrogen) atoms. The molecule has 178 valence electrons. The predicted molar refractivity (Wildman–Crippen MR) is 133 cm³/mol. The molecule has 0 saturated carbocycles. The predicted octanol–water partition coefficient (Wildman–Crippen LogP) is 4.55. The average molecular weight is 487 g/mol. The SMILES string of the molecule is N#Cc1cccc(CN2CCC(N(Cc3ccco3)S(=O)(=O)c3cccc4cccnc34)CC2)c1. The van der Waals surface area contributed by atoms with Gasteiger partial charge < -0.3 is 4.42 Å². The van der Waals surface area contributed by atoms with Crippen molar-refractivity contribution in [2.45, 2.75) is 36.9 Å². The van der Waals surface area contributed by atoms with Crippen molar-refractivity contribution >= 4 is 20.9 Å². The molecule has 0 N–H and O–H groups in total. The molecule has 0 atom stereocenters. The van der Waals surface area contributed by atoms with Gasteiger partial charge >= 0.3 is 0 Å². The molecule has 2 aromatic heterocycles. The second kappa shape index (κ2) is 10.0. The normalized spacial score (nSPS) is 15.4. The van der Waals surface area contributed by atoms with E-state index in [1.54, 1.807) is 53.2 Å². The Hall–Kier alpha value is -3.51. The molecule has 8 heteroatoms. The van der Waals surface area contributed by atoms with Crippen LogP contribution in [0.3, 0.4) is 0 Å². The fourth-order valence-corrected chi connectivity index (χ4v) is 6.56. The van der Waals surface area contributed by atoms with Gasteiger partial charge in [-0.15, -0.1) is 0 Å². The quantitative estimate of drug-likeness (QED) is 0.381. The van der Waals surface area contributed by atoms with Crippen molar-refractivity contribution in [2.75, 3.05) is 13.1 Å². The van der Waals surface area contributed by atoms with Crippen molar-refractivity contribution in [1.82, 2.24) is 14.2 Å². The number of aromatic nitrogens is 1. The highest BCUT2D eigenvalue weighted by molar-refractivity contribution is 7.89. The zero-order valence-electron chi connectivity index (χ0n) is 19.2. The van der Waals surface area contributed by atoms with E-state index in [1.165, 1.54) is 0 Å². The zero-order chi connectivity index (χ0) is 24.3. The van der Waals surface area contributed by atoms with E-state index in [2.05, 4.69) is 16.0 Å². The molecular weight excluding hydrogens is 460 g/mol. The molecule has 3 heterocycles. The first-order valence-electron chi connectivity index (χ1n) is 11.6. The Morgan fingerprint density at radius 1 is 1.06 bits per heavy atom. The summed E-state index contributed by atoms with van der Waals surface area (Å²) in [5, 5.41) is 9.96. The van der Waals surface area contributed by atoms with Crippen LogP contribution in [0, 0.1) is 11.3 Å². The molecule has 1 aliphatic heterocycles. The second-order valence-corrected chi connectivity index (χ2v) is 10.6. The minimum atomic E-state index is -3.83. The molecule has 1 aliphatic rings. The molecule has 0 amide bonds. The van der Waals surface area contributed by atoms with Crippen molar-refractivity contribution in [3.63, 3.8) is 0 Å². The number of nitrogens with zero attached hydrogens (tertiary/aromatic N) is 4. The number of para-hydroxylation sites is 1. The van der Waals surface area contributed by atoms with Crippen molar-refractivity contribution in [2.24, 2.45) is 0 Å². The van der Waals surface area contributed by atoms with Crippen molar-refractivity contribution in [1.29, 1.82) is 5.26 Å². The Bertz CT molecular complexity index is 1450. The number of piperidine rings is 1. The van der Waals surface area contributed by atoms with Gasteiger partial charge in [0.15, 0.2) is 0 Å². The highest BCUT2D eigenvalue weighted by Crippen LogP contribution is 2.30. The Balaban J connectivity index is 1.39. The summed E-state index contributed by atoms with van der Waals surface area (Å²) in [4.78, 5) is 6.91. The van der Waals surface area contributed by atoms with Crippen LogP contribution in [0.15, 0.2) is 88.5 Å². The molecule has 2 aromatic carbocycles. The van der Waals surface area contributed by atoms with E-state index in [-0.39, 0.29) is 17.5 Å². The van der Waals surface area contributed by atoms with E-state index in [4.69, 9.17) is 9.68 Å². The lowest BCUT2D eigenvalue weighted by Crippen LogP contribution is -2.46. The number of benzene rings is 2. The van der Waals surface area contributed by atoms with E-state index in [1.807, 2.05) is 30.3 Å². The number of sulfonamides is 1. The third-order valence-corrected chi connectivity index (χ3v) is 8.43. The lowest BCUT2D eigenvalue weighted by molar-refractivity contribution is 0.147. The number of fused-ring (bicyclic) bond motifs is 1. The molecule has 0 unspecified atom stereocenters. The van der Waals surface area contributed by atoms with E-state index in [9.17, 15) is 8.42 Å². The van der Waals surface area contributed by atoms with Crippen LogP contribution in [0.1, 0.15) is 29.7 Å². The lowest BCUT2D eigenvalue weighted by Gasteiger charge is -2.37. The fraction of sp³-hybridized carbons (Fsp3) is 0.259. The third kappa shape index (κ3) is 4.98. The summed E-state index contributed by atoms with van der Waals surface area (Å²) in [7, 11) is -3.83. The first-order chi connectivity index (χ1) is 17.0. The number of nitriles is 1. The smallest absolute Gasteiger partial charge is 0.245 e. The average Bonchev–Trinajstić information content (AvgIpc) is 3.41. The van der Waals surface area contributed by atoms with Crippen molar-refractivity contribution in [3.05, 3.63) is 96.1 Å². The van der Waals surface area contributed by atoms with Crippen LogP contribution in [0.4, 0.5) is 0 Å². The van der Waals surface area contributed by atoms with Gasteiger partial charge in [-0.1, -0.05) is 30.3 Å². The van der Waals surface area contributed by atoms with Crippen LogP contribution in [0.5, 0.6) is 0 Å². The third-order valence-electron chi connectivity index (χ3n) is 6.50. The van der Waals surface area contributed by atoms with Crippen LogP contribution in [-0.4, -0.2) is 41.7 Å². The fourth-order valence-electron chi connectivity index (χ4n) is 4.74. The van der Waals surface area contributed by atoms with Crippen LogP contribution >= 0.6 is 0 Å². The minimum absolute atomic E-state index is 0.161. The molecule has 5 rings (SSSR count). The summed E-state index contributed by atoms with van der Waals surface area (Å²) in [5.41, 5.74) is 2.22. The molecule has 1 fully saturated rings. The topological polar surface area (TPSA) is 90.4 Å². The molecule has 0 spiro atoms. The van der Waals surface area contributed by atoms with Gasteiger partial charge in [-0.25, -0.2) is 8.42 Å². The first-order valence-corrected chi connectivity index (χ1v) is 13.1. The largest absolute Gasteiger partial charge is 0.468 e. The molecule has 7 nitrogen and oxygen atoms in total. The number of furan rings is 1. The maximum absolute atomic E-state index is 14.0. The van der Waals surface area contributed by atoms with E-state index in [0.717, 1.165) is 30.6 Å². The molecule has 4 aromatic rings. The summed E-state index contributed by atoms with van der Waals surface area (Å²) in [5.74, 6) is 0.609. The summed E-state index contributed by atoms with van der Waals surface area (Å²) in [6.07, 6.45) is 4.60. The van der Waals surface area contributed by atoms with Crippen LogP contribution in [0.25, 0.3) is 10.9 Å². The molecule has 0 aliphatic carbocycles. The zero-order valence-corrected chi connectivity index (χ0v) is 20.1. The Labute approximate surface area is 205 Å². The van der Waals surface area contributed by atoms with Gasteiger partial charge in [0.1, 0.15) is 10.7 Å². The summed E-state index contributed by atoms with van der Waals surface area (Å²) < 4.78 is 35.2. The number of pyridine rings is 1. The lowest BCUT2D eigenvalue weighted by atomic mass is 10.0. The highest BCUT2D eigenvalue weighted by Gasteiger charge is 2.35. The van der Waals surface area contributed by atoms with Gasteiger partial charge in [-0.3, -0.25) is 9.88 Å². The van der Waals surface area contributed by atoms with Gasteiger partial charge in [0.25, 0.3) is 0 Å².